The van der Waals surface area contributed by atoms with Gasteiger partial charge in [-0.25, -0.2) is 10.4 Å². The third kappa shape index (κ3) is 5.69. The molecule has 3 aromatic carbocycles. The van der Waals surface area contributed by atoms with Crippen LogP contribution in [0.3, 0.4) is 0 Å². The van der Waals surface area contributed by atoms with Gasteiger partial charge in [-0.1, -0.05) is 30.3 Å². The summed E-state index contributed by atoms with van der Waals surface area (Å²) in [5.41, 5.74) is 4.66. The lowest BCUT2D eigenvalue weighted by atomic mass is 10.1. The Bertz CT molecular complexity index is 1460. The van der Waals surface area contributed by atoms with E-state index in [1.165, 1.54) is 0 Å². The van der Waals surface area contributed by atoms with E-state index in [1.807, 2.05) is 66.7 Å². The van der Waals surface area contributed by atoms with Crippen molar-refractivity contribution in [3.05, 3.63) is 99.8 Å². The van der Waals surface area contributed by atoms with Crippen molar-refractivity contribution in [1.82, 2.24) is 9.97 Å². The number of nitriles is 1. The average molecular weight is 482 g/mol. The van der Waals surface area contributed by atoms with Crippen LogP contribution in [-0.4, -0.2) is 30.4 Å². The van der Waals surface area contributed by atoms with Gasteiger partial charge in [0.15, 0.2) is 0 Å². The Balaban J connectivity index is 1.50. The smallest absolute Gasteiger partial charge is 0.270 e. The van der Waals surface area contributed by atoms with E-state index in [-0.39, 0.29) is 23.8 Å². The zero-order valence-electron chi connectivity index (χ0n) is 19.7. The number of H-pyrrole nitrogens is 1. The van der Waals surface area contributed by atoms with Crippen molar-refractivity contribution >= 4 is 12.2 Å². The third-order valence-corrected chi connectivity index (χ3v) is 5.22. The molecule has 0 unspecified atom stereocenters. The first-order valence-electron chi connectivity index (χ1n) is 10.9. The van der Waals surface area contributed by atoms with E-state index in [0.717, 1.165) is 16.9 Å². The number of rotatable bonds is 9. The second-order valence-corrected chi connectivity index (χ2v) is 7.52. The van der Waals surface area contributed by atoms with E-state index in [9.17, 15) is 10.1 Å². The summed E-state index contributed by atoms with van der Waals surface area (Å²) in [6.07, 6.45) is 1.58. The standard InChI is InChI=1S/C27H23N5O4/c1-34-21-9-11-22(12-10-21)36-17-20-14-18(8-13-24(20)35-2)16-29-32-27-30-25(19-6-4-3-5-7-19)23(15-28)26(33)31-27/h3-14,16H,17H2,1-2H3,(H2,30,31,32,33). The zero-order valence-corrected chi connectivity index (χ0v) is 19.7. The highest BCUT2D eigenvalue weighted by Crippen LogP contribution is 2.23. The summed E-state index contributed by atoms with van der Waals surface area (Å²) in [6.45, 7) is 0.287. The number of benzene rings is 3. The average Bonchev–Trinajstić information content (AvgIpc) is 2.92. The molecule has 9 heteroatoms. The molecule has 0 saturated heterocycles. The molecule has 0 bridgehead atoms. The third-order valence-electron chi connectivity index (χ3n) is 5.22. The van der Waals surface area contributed by atoms with Crippen molar-refractivity contribution in [2.75, 3.05) is 19.6 Å². The molecule has 0 atom stereocenters. The van der Waals surface area contributed by atoms with Crippen LogP contribution in [0.1, 0.15) is 16.7 Å². The summed E-state index contributed by atoms with van der Waals surface area (Å²) in [7, 11) is 3.21. The van der Waals surface area contributed by atoms with Crippen LogP contribution >= 0.6 is 0 Å². The highest BCUT2D eigenvalue weighted by atomic mass is 16.5. The van der Waals surface area contributed by atoms with E-state index in [0.29, 0.717) is 17.1 Å². The fraction of sp³-hybridized carbons (Fsp3) is 0.111. The zero-order chi connectivity index (χ0) is 25.3. The van der Waals surface area contributed by atoms with E-state index in [4.69, 9.17) is 14.2 Å². The summed E-state index contributed by atoms with van der Waals surface area (Å²) in [5.74, 6) is 2.24. The molecule has 4 rings (SSSR count). The van der Waals surface area contributed by atoms with Gasteiger partial charge in [-0.15, -0.1) is 0 Å². The molecule has 2 N–H and O–H groups in total. The summed E-state index contributed by atoms with van der Waals surface area (Å²) in [4.78, 5) is 19.3. The maximum atomic E-state index is 12.4. The molecule has 4 aromatic rings. The fourth-order valence-electron chi connectivity index (χ4n) is 3.43. The Morgan fingerprint density at radius 2 is 1.78 bits per heavy atom. The van der Waals surface area contributed by atoms with Gasteiger partial charge >= 0.3 is 0 Å². The van der Waals surface area contributed by atoms with Crippen LogP contribution in [0.2, 0.25) is 0 Å². The van der Waals surface area contributed by atoms with E-state index in [1.54, 1.807) is 32.6 Å². The van der Waals surface area contributed by atoms with Crippen molar-refractivity contribution in [2.45, 2.75) is 6.61 Å². The van der Waals surface area contributed by atoms with E-state index in [2.05, 4.69) is 20.5 Å². The van der Waals surface area contributed by atoms with Crippen molar-refractivity contribution in [2.24, 2.45) is 5.10 Å². The summed E-state index contributed by atoms with van der Waals surface area (Å²) >= 11 is 0. The van der Waals surface area contributed by atoms with Crippen LogP contribution in [0.5, 0.6) is 17.2 Å². The Morgan fingerprint density at radius 3 is 2.47 bits per heavy atom. The molecule has 36 heavy (non-hydrogen) atoms. The van der Waals surface area contributed by atoms with Gasteiger partial charge in [0.2, 0.25) is 5.95 Å². The van der Waals surface area contributed by atoms with Gasteiger partial charge in [-0.3, -0.25) is 9.78 Å². The Labute approximate surface area is 207 Å². The second kappa shape index (κ2) is 11.4. The first-order valence-corrected chi connectivity index (χ1v) is 10.9. The number of nitrogens with zero attached hydrogens (tertiary/aromatic N) is 3. The lowest BCUT2D eigenvalue weighted by Gasteiger charge is -2.11. The van der Waals surface area contributed by atoms with Crippen LogP contribution in [0.15, 0.2) is 82.7 Å². The number of hydrazone groups is 1. The summed E-state index contributed by atoms with van der Waals surface area (Å²) in [6, 6.07) is 23.8. The Hall–Kier alpha value is -5.10. The first-order chi connectivity index (χ1) is 17.6. The minimum absolute atomic E-state index is 0.0626. The molecular weight excluding hydrogens is 458 g/mol. The number of methoxy groups -OCH3 is 2. The Morgan fingerprint density at radius 1 is 1.03 bits per heavy atom. The number of aromatic nitrogens is 2. The van der Waals surface area contributed by atoms with Gasteiger partial charge < -0.3 is 14.2 Å². The molecule has 0 radical (unpaired) electrons. The van der Waals surface area contributed by atoms with Crippen LogP contribution in [0.4, 0.5) is 5.95 Å². The minimum Gasteiger partial charge on any atom is -0.497 e. The molecule has 0 fully saturated rings. The normalized spacial score (nSPS) is 10.6. The maximum absolute atomic E-state index is 12.4. The van der Waals surface area contributed by atoms with Gasteiger partial charge in [0.1, 0.15) is 35.5 Å². The molecule has 9 nitrogen and oxygen atoms in total. The van der Waals surface area contributed by atoms with E-state index >= 15 is 0 Å². The molecule has 0 aliphatic rings. The molecule has 1 heterocycles. The quantitative estimate of drug-likeness (QED) is 0.269. The van der Waals surface area contributed by atoms with Gasteiger partial charge in [-0.2, -0.15) is 10.4 Å². The summed E-state index contributed by atoms with van der Waals surface area (Å²) < 4.78 is 16.5. The van der Waals surface area contributed by atoms with Gasteiger partial charge in [0.25, 0.3) is 5.56 Å². The number of hydrogen-bond acceptors (Lipinski definition) is 8. The monoisotopic (exact) mass is 481 g/mol. The topological polar surface area (TPSA) is 122 Å². The number of anilines is 1. The maximum Gasteiger partial charge on any atom is 0.270 e. The lowest BCUT2D eigenvalue weighted by Crippen LogP contribution is -2.16. The molecule has 180 valence electrons. The van der Waals surface area contributed by atoms with Crippen LogP contribution in [0, 0.1) is 11.3 Å². The molecule has 0 aliphatic carbocycles. The lowest BCUT2D eigenvalue weighted by molar-refractivity contribution is 0.296. The van der Waals surface area contributed by atoms with Gasteiger partial charge in [-0.05, 0) is 48.0 Å². The minimum atomic E-state index is -0.550. The van der Waals surface area contributed by atoms with Gasteiger partial charge in [0.05, 0.1) is 26.1 Å². The van der Waals surface area contributed by atoms with Crippen molar-refractivity contribution < 1.29 is 14.2 Å². The van der Waals surface area contributed by atoms with Crippen molar-refractivity contribution in [1.29, 1.82) is 5.26 Å². The highest BCUT2D eigenvalue weighted by molar-refractivity contribution is 5.81. The molecule has 0 aliphatic heterocycles. The second-order valence-electron chi connectivity index (χ2n) is 7.52. The van der Waals surface area contributed by atoms with Crippen molar-refractivity contribution in [3.63, 3.8) is 0 Å². The first kappa shape index (κ1) is 24.0. The number of nitrogens with one attached hydrogen (secondary N) is 2. The predicted octanol–water partition coefficient (Wildman–Crippen LogP) is 4.35. The molecule has 0 spiro atoms. The largest absolute Gasteiger partial charge is 0.497 e. The molecular formula is C27H23N5O4. The number of ether oxygens (including phenoxy) is 3. The SMILES string of the molecule is COc1ccc(OCc2cc(C=NNc3nc(-c4ccccc4)c(C#N)c(=O)[nH]3)ccc2OC)cc1. The van der Waals surface area contributed by atoms with Crippen LogP contribution in [-0.2, 0) is 6.61 Å². The molecule has 0 amide bonds. The van der Waals surface area contributed by atoms with Crippen LogP contribution in [0.25, 0.3) is 11.3 Å². The van der Waals surface area contributed by atoms with Crippen molar-refractivity contribution in [3.8, 4) is 34.6 Å². The molecule has 0 saturated carbocycles. The summed E-state index contributed by atoms with van der Waals surface area (Å²) in [5, 5.41) is 13.6. The molecule has 1 aromatic heterocycles. The van der Waals surface area contributed by atoms with E-state index < -0.39 is 5.56 Å². The fourth-order valence-corrected chi connectivity index (χ4v) is 3.43. The van der Waals surface area contributed by atoms with Gasteiger partial charge in [0, 0.05) is 11.1 Å². The van der Waals surface area contributed by atoms with Crippen LogP contribution < -0.4 is 25.2 Å². The predicted molar refractivity (Wildman–Crippen MR) is 137 cm³/mol. The number of aromatic amines is 1. The highest BCUT2D eigenvalue weighted by Gasteiger charge is 2.13. The number of hydrogen-bond donors (Lipinski definition) is 2. The Kier molecular flexibility index (Phi) is 7.58.